The fourth-order valence-electron chi connectivity index (χ4n) is 2.30. The van der Waals surface area contributed by atoms with E-state index in [9.17, 15) is 9.18 Å². The topological polar surface area (TPSA) is 32.3 Å². The molecule has 1 aliphatic carbocycles. The van der Waals surface area contributed by atoms with Gasteiger partial charge in [-0.05, 0) is 37.5 Å². The van der Waals surface area contributed by atoms with E-state index >= 15 is 0 Å². The number of benzene rings is 1. The third-order valence-corrected chi connectivity index (χ3v) is 3.65. The fraction of sp³-hybridized carbons (Fsp3) is 0.462. The second-order valence-corrected chi connectivity index (χ2v) is 5.30. The van der Waals surface area contributed by atoms with Gasteiger partial charge in [-0.2, -0.15) is 0 Å². The van der Waals surface area contributed by atoms with Crippen LogP contribution in [0, 0.1) is 5.82 Å². The average molecular weight is 269 g/mol. The quantitative estimate of drug-likeness (QED) is 0.913. The monoisotopic (exact) mass is 268 g/mol. The van der Waals surface area contributed by atoms with E-state index < -0.39 is 5.82 Å². The molecule has 1 heterocycles. The molecule has 0 bridgehead atoms. The third-order valence-electron chi connectivity index (χ3n) is 3.42. The smallest absolute Gasteiger partial charge is 0.244 e. The van der Waals surface area contributed by atoms with Crippen molar-refractivity contribution in [1.82, 2.24) is 5.32 Å². The van der Waals surface area contributed by atoms with Crippen LogP contribution >= 0.6 is 11.6 Å². The Bertz CT molecular complexity index is 490. The summed E-state index contributed by atoms with van der Waals surface area (Å²) in [6, 6.07) is 4.60. The molecule has 1 saturated heterocycles. The summed E-state index contributed by atoms with van der Waals surface area (Å²) in [4.78, 5) is 13.7. The van der Waals surface area contributed by atoms with E-state index in [-0.39, 0.29) is 17.6 Å². The van der Waals surface area contributed by atoms with Gasteiger partial charge >= 0.3 is 0 Å². The van der Waals surface area contributed by atoms with Crippen LogP contribution in [0.4, 0.5) is 10.1 Å². The van der Waals surface area contributed by atoms with Crippen molar-refractivity contribution in [2.45, 2.75) is 31.3 Å². The predicted octanol–water partition coefficient (Wildman–Crippen LogP) is 2.34. The third kappa shape index (κ3) is 2.22. The van der Waals surface area contributed by atoms with Crippen molar-refractivity contribution < 1.29 is 9.18 Å². The average Bonchev–Trinajstić information content (AvgIpc) is 3.09. The largest absolute Gasteiger partial charge is 0.308 e. The first kappa shape index (κ1) is 11.9. The van der Waals surface area contributed by atoms with Crippen LogP contribution < -0.4 is 10.2 Å². The number of hydrogen-bond donors (Lipinski definition) is 1. The van der Waals surface area contributed by atoms with Crippen LogP contribution in [0.3, 0.4) is 0 Å². The molecule has 1 aromatic rings. The minimum absolute atomic E-state index is 0.0527. The number of hydrogen-bond acceptors (Lipinski definition) is 2. The van der Waals surface area contributed by atoms with Gasteiger partial charge < -0.3 is 10.2 Å². The molecule has 1 aliphatic heterocycles. The van der Waals surface area contributed by atoms with Gasteiger partial charge in [-0.3, -0.25) is 4.79 Å². The molecular weight excluding hydrogens is 255 g/mol. The van der Waals surface area contributed by atoms with Gasteiger partial charge in [-0.15, -0.1) is 0 Å². The van der Waals surface area contributed by atoms with Crippen LogP contribution in [0.15, 0.2) is 18.2 Å². The zero-order chi connectivity index (χ0) is 12.7. The number of nitrogens with zero attached hydrogens (tertiary/aromatic N) is 1. The highest BCUT2D eigenvalue weighted by Crippen LogP contribution is 2.29. The first-order valence-electron chi connectivity index (χ1n) is 6.17. The lowest BCUT2D eigenvalue weighted by Gasteiger charge is -2.18. The van der Waals surface area contributed by atoms with Crippen LogP contribution in [0.25, 0.3) is 0 Å². The highest BCUT2D eigenvalue weighted by molar-refractivity contribution is 6.31. The molecule has 1 saturated carbocycles. The number of halogens is 2. The molecule has 2 aliphatic rings. The molecule has 18 heavy (non-hydrogen) atoms. The van der Waals surface area contributed by atoms with Crippen molar-refractivity contribution in [3.63, 3.8) is 0 Å². The van der Waals surface area contributed by atoms with Gasteiger partial charge in [0.25, 0.3) is 0 Å². The van der Waals surface area contributed by atoms with Crippen molar-refractivity contribution in [2.24, 2.45) is 0 Å². The maximum atomic E-state index is 13.7. The Hall–Kier alpha value is -1.13. The standard InChI is InChI=1S/C13H14ClFN2O/c14-8-1-4-10(15)12(7-8)17-6-5-11(13(17)18)16-9-2-3-9/h1,4,7,9,11,16H,2-3,5-6H2. The molecule has 2 fully saturated rings. The summed E-state index contributed by atoms with van der Waals surface area (Å²) >= 11 is 5.85. The van der Waals surface area contributed by atoms with Crippen molar-refractivity contribution in [1.29, 1.82) is 0 Å². The maximum absolute atomic E-state index is 13.7. The minimum Gasteiger partial charge on any atom is -0.308 e. The van der Waals surface area contributed by atoms with Gasteiger partial charge in [-0.25, -0.2) is 4.39 Å². The summed E-state index contributed by atoms with van der Waals surface area (Å²) < 4.78 is 13.7. The Kier molecular flexibility index (Phi) is 2.99. The highest BCUT2D eigenvalue weighted by atomic mass is 35.5. The second-order valence-electron chi connectivity index (χ2n) is 4.87. The summed E-state index contributed by atoms with van der Waals surface area (Å²) in [5.74, 6) is -0.456. The van der Waals surface area contributed by atoms with Gasteiger partial charge in [0, 0.05) is 17.6 Å². The van der Waals surface area contributed by atoms with Crippen LogP contribution in [0.5, 0.6) is 0 Å². The summed E-state index contributed by atoms with van der Waals surface area (Å²) in [5.41, 5.74) is 0.285. The summed E-state index contributed by atoms with van der Waals surface area (Å²) in [5, 5.41) is 3.73. The van der Waals surface area contributed by atoms with Gasteiger partial charge in [-0.1, -0.05) is 11.6 Å². The number of anilines is 1. The highest BCUT2D eigenvalue weighted by Gasteiger charge is 2.37. The maximum Gasteiger partial charge on any atom is 0.244 e. The van der Waals surface area contributed by atoms with Crippen LogP contribution in [-0.2, 0) is 4.79 Å². The van der Waals surface area contributed by atoms with Crippen molar-refractivity contribution in [3.8, 4) is 0 Å². The number of carbonyl (C=O) groups excluding carboxylic acids is 1. The van der Waals surface area contributed by atoms with Gasteiger partial charge in [0.2, 0.25) is 5.91 Å². The Morgan fingerprint density at radius 3 is 2.83 bits per heavy atom. The van der Waals surface area contributed by atoms with Gasteiger partial charge in [0.1, 0.15) is 5.82 Å². The predicted molar refractivity (Wildman–Crippen MR) is 68.3 cm³/mol. The molecule has 3 rings (SSSR count). The van der Waals surface area contributed by atoms with Gasteiger partial charge in [0.15, 0.2) is 0 Å². The molecule has 1 aromatic carbocycles. The zero-order valence-corrected chi connectivity index (χ0v) is 10.6. The first-order chi connectivity index (χ1) is 8.65. The van der Waals surface area contributed by atoms with E-state index in [0.29, 0.717) is 17.6 Å². The molecule has 1 N–H and O–H groups in total. The lowest BCUT2D eigenvalue weighted by molar-refractivity contribution is -0.118. The van der Waals surface area contributed by atoms with Gasteiger partial charge in [0.05, 0.1) is 11.7 Å². The SMILES string of the molecule is O=C1C(NC2CC2)CCN1c1cc(Cl)ccc1F. The molecule has 96 valence electrons. The number of carbonyl (C=O) groups is 1. The van der Waals surface area contributed by atoms with Crippen molar-refractivity contribution in [2.75, 3.05) is 11.4 Å². The number of rotatable bonds is 3. The van der Waals surface area contributed by atoms with E-state index in [1.807, 2.05) is 0 Å². The van der Waals surface area contributed by atoms with E-state index in [0.717, 1.165) is 19.3 Å². The molecule has 0 spiro atoms. The lowest BCUT2D eigenvalue weighted by atomic mass is 10.2. The van der Waals surface area contributed by atoms with Crippen LogP contribution in [0.2, 0.25) is 5.02 Å². The zero-order valence-electron chi connectivity index (χ0n) is 9.83. The minimum atomic E-state index is -0.403. The van der Waals surface area contributed by atoms with Crippen molar-refractivity contribution >= 4 is 23.2 Å². The molecule has 1 atom stereocenters. The number of amides is 1. The normalized spacial score (nSPS) is 23.8. The summed E-state index contributed by atoms with van der Waals surface area (Å²) in [6.07, 6.45) is 2.99. The Morgan fingerprint density at radius 2 is 2.11 bits per heavy atom. The summed E-state index contributed by atoms with van der Waals surface area (Å²) in [7, 11) is 0. The van der Waals surface area contributed by atoms with E-state index in [1.165, 1.54) is 23.1 Å². The summed E-state index contributed by atoms with van der Waals surface area (Å²) in [6.45, 7) is 0.542. The molecule has 0 aromatic heterocycles. The fourth-order valence-corrected chi connectivity index (χ4v) is 2.47. The van der Waals surface area contributed by atoms with Crippen LogP contribution in [0.1, 0.15) is 19.3 Å². The molecular formula is C13H14ClFN2O. The van der Waals surface area contributed by atoms with Crippen LogP contribution in [-0.4, -0.2) is 24.5 Å². The Labute approximate surface area is 110 Å². The van der Waals surface area contributed by atoms with E-state index in [2.05, 4.69) is 5.32 Å². The molecule has 1 unspecified atom stereocenters. The second kappa shape index (κ2) is 4.52. The Morgan fingerprint density at radius 1 is 1.33 bits per heavy atom. The van der Waals surface area contributed by atoms with E-state index in [4.69, 9.17) is 11.6 Å². The molecule has 0 radical (unpaired) electrons. The number of nitrogens with one attached hydrogen (secondary N) is 1. The Balaban J connectivity index is 1.80. The van der Waals surface area contributed by atoms with Crippen molar-refractivity contribution in [3.05, 3.63) is 29.0 Å². The molecule has 3 nitrogen and oxygen atoms in total. The molecule has 1 amide bonds. The molecule has 5 heteroatoms. The lowest BCUT2D eigenvalue weighted by Crippen LogP contribution is -2.39. The first-order valence-corrected chi connectivity index (χ1v) is 6.55. The van der Waals surface area contributed by atoms with E-state index in [1.54, 1.807) is 0 Å².